The summed E-state index contributed by atoms with van der Waals surface area (Å²) in [7, 11) is 0. The summed E-state index contributed by atoms with van der Waals surface area (Å²) in [6.07, 6.45) is 0. The minimum absolute atomic E-state index is 0.0575. The SMILES string of the molecule is Cc1nc(Cl)c([N+](=O)[O-])cc1I. The van der Waals surface area contributed by atoms with Crippen molar-refractivity contribution < 1.29 is 4.92 Å². The molecule has 0 radical (unpaired) electrons. The monoisotopic (exact) mass is 298 g/mol. The molecule has 12 heavy (non-hydrogen) atoms. The fourth-order valence-electron chi connectivity index (χ4n) is 0.670. The lowest BCUT2D eigenvalue weighted by molar-refractivity contribution is -0.385. The molecule has 64 valence electrons. The van der Waals surface area contributed by atoms with Crippen molar-refractivity contribution in [2.45, 2.75) is 6.92 Å². The summed E-state index contributed by atoms with van der Waals surface area (Å²) in [5.74, 6) is 0. The predicted molar refractivity (Wildman–Crippen MR) is 53.4 cm³/mol. The number of aryl methyl sites for hydroxylation is 1. The van der Waals surface area contributed by atoms with Gasteiger partial charge in [-0.15, -0.1) is 0 Å². The number of nitro groups is 1. The molecule has 0 bridgehead atoms. The van der Waals surface area contributed by atoms with Crippen LogP contribution < -0.4 is 0 Å². The molecule has 1 heterocycles. The van der Waals surface area contributed by atoms with Crippen LogP contribution in [0.3, 0.4) is 0 Å². The second-order valence-electron chi connectivity index (χ2n) is 2.12. The lowest BCUT2D eigenvalue weighted by Crippen LogP contribution is -1.95. The topological polar surface area (TPSA) is 56.0 Å². The zero-order valence-electron chi connectivity index (χ0n) is 6.04. The Morgan fingerprint density at radius 1 is 1.75 bits per heavy atom. The number of pyridine rings is 1. The van der Waals surface area contributed by atoms with E-state index in [1.165, 1.54) is 6.07 Å². The average Bonchev–Trinajstić information content (AvgIpc) is 1.96. The van der Waals surface area contributed by atoms with Crippen molar-refractivity contribution in [3.63, 3.8) is 0 Å². The van der Waals surface area contributed by atoms with Crippen LogP contribution in [0.5, 0.6) is 0 Å². The van der Waals surface area contributed by atoms with Crippen LogP contribution in [0.15, 0.2) is 6.07 Å². The molecule has 0 atom stereocenters. The van der Waals surface area contributed by atoms with E-state index in [1.807, 2.05) is 22.6 Å². The third-order valence-corrected chi connectivity index (χ3v) is 2.65. The van der Waals surface area contributed by atoms with Crippen molar-refractivity contribution >= 4 is 39.9 Å². The summed E-state index contributed by atoms with van der Waals surface area (Å²) in [4.78, 5) is 13.6. The fourth-order valence-corrected chi connectivity index (χ4v) is 1.34. The summed E-state index contributed by atoms with van der Waals surface area (Å²) >= 11 is 7.51. The number of hydrogen-bond acceptors (Lipinski definition) is 3. The maximum absolute atomic E-state index is 10.4. The lowest BCUT2D eigenvalue weighted by Gasteiger charge is -1.98. The van der Waals surface area contributed by atoms with E-state index in [0.717, 1.165) is 3.57 Å². The molecule has 0 saturated carbocycles. The average molecular weight is 298 g/mol. The molecular weight excluding hydrogens is 294 g/mol. The van der Waals surface area contributed by atoms with Crippen molar-refractivity contribution in [1.82, 2.24) is 4.98 Å². The number of hydrogen-bond donors (Lipinski definition) is 0. The van der Waals surface area contributed by atoms with Crippen LogP contribution in [0.4, 0.5) is 5.69 Å². The standard InChI is InChI=1S/C6H4ClIN2O2/c1-3-4(8)2-5(10(11)12)6(7)9-3/h2H,1H3. The van der Waals surface area contributed by atoms with E-state index >= 15 is 0 Å². The molecule has 1 rings (SSSR count). The van der Waals surface area contributed by atoms with Gasteiger partial charge in [0.25, 0.3) is 0 Å². The molecule has 0 aliphatic heterocycles. The minimum Gasteiger partial charge on any atom is -0.258 e. The summed E-state index contributed by atoms with van der Waals surface area (Å²) in [6.45, 7) is 1.75. The molecule has 0 unspecified atom stereocenters. The van der Waals surface area contributed by atoms with Gasteiger partial charge in [-0.05, 0) is 29.5 Å². The lowest BCUT2D eigenvalue weighted by atomic mass is 10.3. The van der Waals surface area contributed by atoms with Crippen molar-refractivity contribution in [2.24, 2.45) is 0 Å². The van der Waals surface area contributed by atoms with Crippen LogP contribution in [-0.2, 0) is 0 Å². The van der Waals surface area contributed by atoms with Crippen LogP contribution >= 0.6 is 34.2 Å². The third-order valence-electron chi connectivity index (χ3n) is 1.28. The zero-order valence-corrected chi connectivity index (χ0v) is 8.96. The predicted octanol–water partition coefficient (Wildman–Crippen LogP) is 2.56. The Kier molecular flexibility index (Phi) is 2.84. The summed E-state index contributed by atoms with van der Waals surface area (Å²) < 4.78 is 0.740. The summed E-state index contributed by atoms with van der Waals surface area (Å²) in [6, 6.07) is 1.41. The van der Waals surface area contributed by atoms with Crippen molar-refractivity contribution in [3.05, 3.63) is 30.6 Å². The molecule has 1 aromatic heterocycles. The van der Waals surface area contributed by atoms with Gasteiger partial charge in [0.1, 0.15) is 0 Å². The first-order valence-electron chi connectivity index (χ1n) is 2.99. The van der Waals surface area contributed by atoms with Gasteiger partial charge in [-0.25, -0.2) is 4.98 Å². The smallest absolute Gasteiger partial charge is 0.258 e. The first-order chi connectivity index (χ1) is 5.52. The number of halogens is 2. The molecule has 0 fully saturated rings. The number of rotatable bonds is 1. The first kappa shape index (κ1) is 9.66. The van der Waals surface area contributed by atoms with E-state index in [0.29, 0.717) is 5.69 Å². The van der Waals surface area contributed by atoms with Gasteiger partial charge in [-0.2, -0.15) is 0 Å². The Morgan fingerprint density at radius 3 is 2.83 bits per heavy atom. The van der Waals surface area contributed by atoms with E-state index in [9.17, 15) is 10.1 Å². The highest BCUT2D eigenvalue weighted by molar-refractivity contribution is 14.1. The van der Waals surface area contributed by atoms with Crippen LogP contribution in [-0.4, -0.2) is 9.91 Å². The molecule has 0 amide bonds. The van der Waals surface area contributed by atoms with Crippen LogP contribution in [0.2, 0.25) is 5.15 Å². The minimum atomic E-state index is -0.545. The number of aromatic nitrogens is 1. The van der Waals surface area contributed by atoms with Gasteiger partial charge in [-0.3, -0.25) is 10.1 Å². The van der Waals surface area contributed by atoms with Crippen molar-refractivity contribution in [2.75, 3.05) is 0 Å². The van der Waals surface area contributed by atoms with Gasteiger partial charge < -0.3 is 0 Å². The third kappa shape index (κ3) is 1.84. The molecule has 4 nitrogen and oxygen atoms in total. The van der Waals surface area contributed by atoms with Gasteiger partial charge in [-0.1, -0.05) is 11.6 Å². The zero-order chi connectivity index (χ0) is 9.30. The van der Waals surface area contributed by atoms with E-state index in [-0.39, 0.29) is 10.8 Å². The van der Waals surface area contributed by atoms with Crippen molar-refractivity contribution in [1.29, 1.82) is 0 Å². The molecule has 0 saturated heterocycles. The second kappa shape index (κ2) is 3.53. The van der Waals surface area contributed by atoms with Gasteiger partial charge >= 0.3 is 5.69 Å². The quantitative estimate of drug-likeness (QED) is 0.346. The normalized spacial score (nSPS) is 9.92. The molecule has 0 aromatic carbocycles. The highest BCUT2D eigenvalue weighted by atomic mass is 127. The Hall–Kier alpha value is -0.430. The molecule has 0 aliphatic rings. The Balaban J connectivity index is 3.33. The molecule has 6 heteroatoms. The Morgan fingerprint density at radius 2 is 2.33 bits per heavy atom. The molecular formula is C6H4ClIN2O2. The van der Waals surface area contributed by atoms with Crippen LogP contribution in [0.1, 0.15) is 5.69 Å². The maximum Gasteiger partial charge on any atom is 0.307 e. The highest BCUT2D eigenvalue weighted by Crippen LogP contribution is 2.25. The number of nitrogens with zero attached hydrogens (tertiary/aromatic N) is 2. The van der Waals surface area contributed by atoms with Crippen LogP contribution in [0, 0.1) is 20.6 Å². The van der Waals surface area contributed by atoms with E-state index < -0.39 is 4.92 Å². The molecule has 0 N–H and O–H groups in total. The van der Waals surface area contributed by atoms with Gasteiger partial charge in [0, 0.05) is 9.64 Å². The van der Waals surface area contributed by atoms with Crippen LogP contribution in [0.25, 0.3) is 0 Å². The van der Waals surface area contributed by atoms with Crippen molar-refractivity contribution in [3.8, 4) is 0 Å². The van der Waals surface area contributed by atoms with E-state index in [4.69, 9.17) is 11.6 Å². The van der Waals surface area contributed by atoms with Gasteiger partial charge in [0.2, 0.25) is 5.15 Å². The summed E-state index contributed by atoms with van der Waals surface area (Å²) in [5, 5.41) is 10.3. The van der Waals surface area contributed by atoms with E-state index in [1.54, 1.807) is 6.92 Å². The molecule has 1 aromatic rings. The fraction of sp³-hybridized carbons (Fsp3) is 0.167. The highest BCUT2D eigenvalue weighted by Gasteiger charge is 2.15. The maximum atomic E-state index is 10.4. The van der Waals surface area contributed by atoms with Gasteiger partial charge in [0.05, 0.1) is 10.6 Å². The molecule has 0 aliphatic carbocycles. The Bertz CT molecular complexity index is 343. The molecule has 0 spiro atoms. The Labute approximate surface area is 87.2 Å². The second-order valence-corrected chi connectivity index (χ2v) is 3.64. The van der Waals surface area contributed by atoms with E-state index in [2.05, 4.69) is 4.98 Å². The summed E-state index contributed by atoms with van der Waals surface area (Å²) in [5.41, 5.74) is 0.554. The largest absolute Gasteiger partial charge is 0.307 e. The first-order valence-corrected chi connectivity index (χ1v) is 4.45. The van der Waals surface area contributed by atoms with Gasteiger partial charge in [0.15, 0.2) is 0 Å².